The fourth-order valence-corrected chi connectivity index (χ4v) is 3.71. The second-order valence-corrected chi connectivity index (χ2v) is 8.41. The van der Waals surface area contributed by atoms with E-state index in [4.69, 9.17) is 4.74 Å². The van der Waals surface area contributed by atoms with Crippen LogP contribution < -0.4 is 5.32 Å². The first-order valence-corrected chi connectivity index (χ1v) is 12.1. The Balaban J connectivity index is 2.05. The Hall–Kier alpha value is -3.71. The molecule has 0 radical (unpaired) electrons. The Labute approximate surface area is 213 Å². The van der Waals surface area contributed by atoms with Crippen LogP contribution in [0.15, 0.2) is 86.0 Å². The van der Waals surface area contributed by atoms with Crippen LogP contribution in [0.5, 0.6) is 0 Å². The number of hydrogen-bond donors (Lipinski definition) is 2. The van der Waals surface area contributed by atoms with Crippen LogP contribution in [-0.2, 0) is 25.7 Å². The van der Waals surface area contributed by atoms with Crippen LogP contribution in [-0.4, -0.2) is 47.5 Å². The van der Waals surface area contributed by atoms with Gasteiger partial charge >= 0.3 is 5.97 Å². The Morgan fingerprint density at radius 3 is 2.28 bits per heavy atom. The molecule has 0 saturated carbocycles. The third-order valence-electron chi connectivity index (χ3n) is 5.64. The van der Waals surface area contributed by atoms with E-state index in [2.05, 4.69) is 18.5 Å². The molecule has 0 bridgehead atoms. The lowest BCUT2D eigenvalue weighted by Gasteiger charge is -2.25. The number of carbonyl (C=O) groups is 3. The molecule has 7 heteroatoms. The van der Waals surface area contributed by atoms with Crippen molar-refractivity contribution in [1.29, 1.82) is 0 Å². The van der Waals surface area contributed by atoms with Gasteiger partial charge < -0.3 is 20.1 Å². The smallest absolute Gasteiger partial charge is 0.306 e. The molecule has 2 aromatic rings. The summed E-state index contributed by atoms with van der Waals surface area (Å²) in [5.41, 5.74) is 1.70. The molecule has 2 atom stereocenters. The molecular weight excluding hydrogens is 456 g/mol. The van der Waals surface area contributed by atoms with Gasteiger partial charge in [0, 0.05) is 25.9 Å². The summed E-state index contributed by atoms with van der Waals surface area (Å²) in [6.07, 6.45) is 3.59. The van der Waals surface area contributed by atoms with Gasteiger partial charge in [-0.15, -0.1) is 13.2 Å². The van der Waals surface area contributed by atoms with Crippen molar-refractivity contribution in [3.8, 4) is 0 Å². The highest BCUT2D eigenvalue weighted by Gasteiger charge is 2.25. The van der Waals surface area contributed by atoms with Crippen LogP contribution in [0.25, 0.3) is 0 Å². The van der Waals surface area contributed by atoms with E-state index >= 15 is 0 Å². The van der Waals surface area contributed by atoms with E-state index in [0.717, 1.165) is 11.1 Å². The van der Waals surface area contributed by atoms with Crippen LogP contribution in [0, 0.1) is 5.92 Å². The average Bonchev–Trinajstić information content (AvgIpc) is 2.90. The van der Waals surface area contributed by atoms with Crippen LogP contribution in [0.4, 0.5) is 0 Å². The molecule has 0 aromatic heterocycles. The van der Waals surface area contributed by atoms with Gasteiger partial charge in [0.2, 0.25) is 11.8 Å². The van der Waals surface area contributed by atoms with Gasteiger partial charge in [0.05, 0.1) is 19.1 Å². The normalized spacial score (nSPS) is 12.1. The predicted molar refractivity (Wildman–Crippen MR) is 140 cm³/mol. The number of hydrogen-bond acceptors (Lipinski definition) is 5. The predicted octanol–water partition coefficient (Wildman–Crippen LogP) is 3.96. The van der Waals surface area contributed by atoms with Crippen LogP contribution in [0.1, 0.15) is 42.9 Å². The summed E-state index contributed by atoms with van der Waals surface area (Å²) < 4.78 is 5.62. The molecule has 2 rings (SSSR count). The number of carbonyl (C=O) groups excluding carboxylic acids is 3. The van der Waals surface area contributed by atoms with Crippen molar-refractivity contribution < 1.29 is 24.2 Å². The second-order valence-electron chi connectivity index (χ2n) is 8.41. The van der Waals surface area contributed by atoms with E-state index < -0.39 is 12.0 Å². The number of rotatable bonds is 16. The summed E-state index contributed by atoms with van der Waals surface area (Å²) in [7, 11) is 0. The fourth-order valence-electron chi connectivity index (χ4n) is 3.71. The molecule has 2 amide bonds. The molecule has 0 saturated heterocycles. The van der Waals surface area contributed by atoms with Crippen LogP contribution >= 0.6 is 0 Å². The lowest BCUT2D eigenvalue weighted by Crippen LogP contribution is -2.39. The molecule has 7 nitrogen and oxygen atoms in total. The summed E-state index contributed by atoms with van der Waals surface area (Å²) in [5.74, 6) is -1.57. The number of amides is 2. The van der Waals surface area contributed by atoms with Crippen molar-refractivity contribution >= 4 is 17.8 Å². The highest BCUT2D eigenvalue weighted by molar-refractivity contribution is 5.86. The molecule has 0 spiro atoms. The van der Waals surface area contributed by atoms with Gasteiger partial charge in [-0.2, -0.15) is 0 Å². The van der Waals surface area contributed by atoms with Crippen molar-refractivity contribution in [2.75, 3.05) is 19.7 Å². The quantitative estimate of drug-likeness (QED) is 0.273. The van der Waals surface area contributed by atoms with Gasteiger partial charge in [0.15, 0.2) is 0 Å². The van der Waals surface area contributed by atoms with Crippen molar-refractivity contribution in [3.63, 3.8) is 0 Å². The van der Waals surface area contributed by atoms with Crippen molar-refractivity contribution in [2.24, 2.45) is 5.92 Å². The maximum atomic E-state index is 13.1. The summed E-state index contributed by atoms with van der Waals surface area (Å²) in [5, 5.41) is 12.3. The zero-order valence-corrected chi connectivity index (χ0v) is 20.7. The van der Waals surface area contributed by atoms with Crippen molar-refractivity contribution in [3.05, 3.63) is 97.1 Å². The Bertz CT molecular complexity index is 978. The van der Waals surface area contributed by atoms with Gasteiger partial charge in [-0.3, -0.25) is 14.4 Å². The number of allylic oxidation sites excluding steroid dienone is 2. The van der Waals surface area contributed by atoms with Gasteiger partial charge in [0.25, 0.3) is 0 Å². The third kappa shape index (κ3) is 9.88. The SMILES string of the molecule is C=CCCC(=O)O[C@H](CNC(=O)[C@@H](CC=C)CC(=O)N(CCO)Cc1ccccc1)c1ccccc1. The summed E-state index contributed by atoms with van der Waals surface area (Å²) in [6.45, 7) is 7.77. The number of ether oxygens (including phenoxy) is 1. The number of aliphatic hydroxyl groups excluding tert-OH is 1. The number of aliphatic hydroxyl groups is 1. The molecule has 36 heavy (non-hydrogen) atoms. The number of nitrogens with one attached hydrogen (secondary N) is 1. The maximum Gasteiger partial charge on any atom is 0.306 e. The molecular formula is C29H36N2O5. The Morgan fingerprint density at radius 2 is 1.67 bits per heavy atom. The highest BCUT2D eigenvalue weighted by atomic mass is 16.5. The van der Waals surface area contributed by atoms with Crippen LogP contribution in [0.3, 0.4) is 0 Å². The van der Waals surface area contributed by atoms with E-state index in [1.807, 2.05) is 60.7 Å². The molecule has 0 aliphatic rings. The highest BCUT2D eigenvalue weighted by Crippen LogP contribution is 2.19. The molecule has 0 fully saturated rings. The summed E-state index contributed by atoms with van der Waals surface area (Å²) in [4.78, 5) is 39.9. The second kappa shape index (κ2) is 16.1. The first-order chi connectivity index (χ1) is 17.5. The van der Waals surface area contributed by atoms with E-state index in [1.165, 1.54) is 0 Å². The van der Waals surface area contributed by atoms with Gasteiger partial charge in [-0.05, 0) is 24.0 Å². The average molecular weight is 493 g/mol. The zero-order chi connectivity index (χ0) is 26.2. The number of nitrogens with zero attached hydrogens (tertiary/aromatic N) is 1. The fraction of sp³-hybridized carbons (Fsp3) is 0.345. The molecule has 0 heterocycles. The minimum absolute atomic E-state index is 0.0280. The lowest BCUT2D eigenvalue weighted by atomic mass is 9.98. The largest absolute Gasteiger partial charge is 0.456 e. The topological polar surface area (TPSA) is 95.9 Å². The van der Waals surface area contributed by atoms with E-state index in [1.54, 1.807) is 17.1 Å². The third-order valence-corrected chi connectivity index (χ3v) is 5.64. The van der Waals surface area contributed by atoms with Gasteiger partial charge in [-0.25, -0.2) is 0 Å². The molecule has 2 N–H and O–H groups in total. The van der Waals surface area contributed by atoms with Crippen molar-refractivity contribution in [2.45, 2.75) is 38.3 Å². The molecule has 2 aromatic carbocycles. The minimum atomic E-state index is -0.656. The molecule has 0 unspecified atom stereocenters. The van der Waals surface area contributed by atoms with Gasteiger partial charge in [0.1, 0.15) is 6.10 Å². The van der Waals surface area contributed by atoms with E-state index in [-0.39, 0.29) is 50.3 Å². The summed E-state index contributed by atoms with van der Waals surface area (Å²) in [6, 6.07) is 18.7. The first kappa shape index (κ1) is 28.5. The Morgan fingerprint density at radius 1 is 1.00 bits per heavy atom. The monoisotopic (exact) mass is 492 g/mol. The minimum Gasteiger partial charge on any atom is -0.456 e. The summed E-state index contributed by atoms with van der Waals surface area (Å²) >= 11 is 0. The molecule has 0 aliphatic heterocycles. The van der Waals surface area contributed by atoms with Gasteiger partial charge in [-0.1, -0.05) is 72.8 Å². The van der Waals surface area contributed by atoms with E-state index in [9.17, 15) is 19.5 Å². The number of benzene rings is 2. The van der Waals surface area contributed by atoms with Crippen LogP contribution in [0.2, 0.25) is 0 Å². The Kier molecular flexibility index (Phi) is 12.7. The zero-order valence-electron chi connectivity index (χ0n) is 20.7. The molecule has 192 valence electrons. The van der Waals surface area contributed by atoms with E-state index in [0.29, 0.717) is 19.4 Å². The molecule has 0 aliphatic carbocycles. The van der Waals surface area contributed by atoms with Crippen molar-refractivity contribution in [1.82, 2.24) is 10.2 Å². The number of esters is 1. The standard InChI is InChI=1S/C29H36N2O5/c1-3-5-17-28(34)36-26(24-15-10-7-11-16-24)21-30-29(35)25(12-4-2)20-27(33)31(18-19-32)22-23-13-8-6-9-14-23/h3-4,6-11,13-16,25-26,32H,1-2,5,12,17-22H2,(H,30,35)/t25-,26+/m0/s1. The maximum absolute atomic E-state index is 13.1. The lowest BCUT2D eigenvalue weighted by molar-refractivity contribution is -0.150. The first-order valence-electron chi connectivity index (χ1n) is 12.1.